The third-order valence-corrected chi connectivity index (χ3v) is 3.04. The molecule has 0 atom stereocenters. The number of ether oxygens (including phenoxy) is 1. The standard InChI is InChI=1S/C15H24N2O3/c1-4-5-8-17(9-10-18)15(19)16-13-7-6-12(2)11-14(13)20-3/h6-7,11,18H,4-5,8-10H2,1-3H3,(H,16,19). The number of aliphatic hydroxyl groups is 1. The summed E-state index contributed by atoms with van der Waals surface area (Å²) in [6.07, 6.45) is 1.92. The van der Waals surface area contributed by atoms with Gasteiger partial charge in [-0.05, 0) is 31.0 Å². The normalized spacial score (nSPS) is 10.2. The molecule has 1 rings (SSSR count). The summed E-state index contributed by atoms with van der Waals surface area (Å²) in [5.41, 5.74) is 1.71. The van der Waals surface area contributed by atoms with E-state index in [4.69, 9.17) is 9.84 Å². The van der Waals surface area contributed by atoms with Gasteiger partial charge in [0.1, 0.15) is 5.75 Å². The van der Waals surface area contributed by atoms with Crippen LogP contribution < -0.4 is 10.1 Å². The van der Waals surface area contributed by atoms with E-state index in [0.717, 1.165) is 18.4 Å². The molecule has 2 N–H and O–H groups in total. The summed E-state index contributed by atoms with van der Waals surface area (Å²) in [5.74, 6) is 0.637. The predicted octanol–water partition coefficient (Wildman–Crippen LogP) is 2.63. The van der Waals surface area contributed by atoms with Gasteiger partial charge in [0.25, 0.3) is 0 Å². The molecule has 20 heavy (non-hydrogen) atoms. The van der Waals surface area contributed by atoms with Crippen LogP contribution in [0.3, 0.4) is 0 Å². The number of hydrogen-bond acceptors (Lipinski definition) is 3. The first kappa shape index (κ1) is 16.3. The van der Waals surface area contributed by atoms with Gasteiger partial charge in [0.15, 0.2) is 0 Å². The second-order valence-electron chi connectivity index (χ2n) is 4.70. The summed E-state index contributed by atoms with van der Waals surface area (Å²) in [4.78, 5) is 13.8. The number of anilines is 1. The van der Waals surface area contributed by atoms with Crippen molar-refractivity contribution in [1.82, 2.24) is 4.90 Å². The van der Waals surface area contributed by atoms with Crippen molar-refractivity contribution in [3.8, 4) is 5.75 Å². The van der Waals surface area contributed by atoms with Crippen LogP contribution in [0.1, 0.15) is 25.3 Å². The lowest BCUT2D eigenvalue weighted by Gasteiger charge is -2.22. The zero-order chi connectivity index (χ0) is 15.0. The van der Waals surface area contributed by atoms with Crippen molar-refractivity contribution in [2.75, 3.05) is 32.1 Å². The van der Waals surface area contributed by atoms with Crippen molar-refractivity contribution >= 4 is 11.7 Å². The van der Waals surface area contributed by atoms with Crippen molar-refractivity contribution in [1.29, 1.82) is 0 Å². The lowest BCUT2D eigenvalue weighted by Crippen LogP contribution is -2.37. The van der Waals surface area contributed by atoms with E-state index in [-0.39, 0.29) is 12.6 Å². The number of benzene rings is 1. The minimum absolute atomic E-state index is 0.0395. The van der Waals surface area contributed by atoms with Crippen LogP contribution in [0.4, 0.5) is 10.5 Å². The van der Waals surface area contributed by atoms with Crippen molar-refractivity contribution in [3.63, 3.8) is 0 Å². The Labute approximate surface area is 120 Å². The minimum atomic E-state index is -0.213. The van der Waals surface area contributed by atoms with Gasteiger partial charge >= 0.3 is 6.03 Å². The Hall–Kier alpha value is -1.75. The average molecular weight is 280 g/mol. The van der Waals surface area contributed by atoms with E-state index in [1.165, 1.54) is 0 Å². The minimum Gasteiger partial charge on any atom is -0.495 e. The molecule has 0 spiro atoms. The van der Waals surface area contributed by atoms with E-state index in [2.05, 4.69) is 12.2 Å². The lowest BCUT2D eigenvalue weighted by molar-refractivity contribution is 0.187. The lowest BCUT2D eigenvalue weighted by atomic mass is 10.2. The van der Waals surface area contributed by atoms with Crippen molar-refractivity contribution in [3.05, 3.63) is 23.8 Å². The van der Waals surface area contributed by atoms with Gasteiger partial charge in [0, 0.05) is 13.1 Å². The first-order valence-electron chi connectivity index (χ1n) is 6.93. The number of nitrogens with zero attached hydrogens (tertiary/aromatic N) is 1. The van der Waals surface area contributed by atoms with Crippen LogP contribution in [-0.2, 0) is 0 Å². The number of carbonyl (C=O) groups excluding carboxylic acids is 1. The number of aliphatic hydroxyl groups excluding tert-OH is 1. The molecule has 5 heteroatoms. The van der Waals surface area contributed by atoms with E-state index < -0.39 is 0 Å². The molecule has 5 nitrogen and oxygen atoms in total. The van der Waals surface area contributed by atoms with Crippen molar-refractivity contribution < 1.29 is 14.6 Å². The second-order valence-corrected chi connectivity index (χ2v) is 4.70. The Morgan fingerprint density at radius 1 is 1.40 bits per heavy atom. The van der Waals surface area contributed by atoms with E-state index >= 15 is 0 Å². The van der Waals surface area contributed by atoms with Gasteiger partial charge in [-0.3, -0.25) is 0 Å². The topological polar surface area (TPSA) is 61.8 Å². The second kappa shape index (κ2) is 8.43. The fourth-order valence-electron chi connectivity index (χ4n) is 1.88. The largest absolute Gasteiger partial charge is 0.495 e. The molecular formula is C15H24N2O3. The molecule has 0 radical (unpaired) electrons. The number of amides is 2. The van der Waals surface area contributed by atoms with Crippen molar-refractivity contribution in [2.45, 2.75) is 26.7 Å². The number of hydrogen-bond donors (Lipinski definition) is 2. The van der Waals surface area contributed by atoms with E-state index in [1.807, 2.05) is 25.1 Å². The van der Waals surface area contributed by atoms with Crippen LogP contribution in [0.2, 0.25) is 0 Å². The van der Waals surface area contributed by atoms with Crippen LogP contribution in [0.15, 0.2) is 18.2 Å². The number of carbonyl (C=O) groups is 1. The molecule has 0 bridgehead atoms. The SMILES string of the molecule is CCCCN(CCO)C(=O)Nc1ccc(C)cc1OC. The predicted molar refractivity (Wildman–Crippen MR) is 80.3 cm³/mol. The third kappa shape index (κ3) is 4.74. The van der Waals surface area contributed by atoms with Gasteiger partial charge < -0.3 is 20.1 Å². The number of unbranched alkanes of at least 4 members (excludes halogenated alkanes) is 1. The maximum atomic E-state index is 12.2. The van der Waals surface area contributed by atoms with Crippen LogP contribution in [-0.4, -0.2) is 42.8 Å². The Balaban J connectivity index is 2.76. The Bertz CT molecular complexity index is 435. The molecule has 0 heterocycles. The number of nitrogens with one attached hydrogen (secondary N) is 1. The maximum Gasteiger partial charge on any atom is 0.322 e. The Kier molecular flexibility index (Phi) is 6.87. The fourth-order valence-corrected chi connectivity index (χ4v) is 1.88. The molecule has 0 aromatic heterocycles. The molecule has 2 amide bonds. The van der Waals surface area contributed by atoms with Gasteiger partial charge in [-0.15, -0.1) is 0 Å². The molecular weight excluding hydrogens is 256 g/mol. The summed E-state index contributed by atoms with van der Waals surface area (Å²) in [5, 5.41) is 11.9. The highest BCUT2D eigenvalue weighted by molar-refractivity contribution is 5.91. The molecule has 0 aliphatic heterocycles. The van der Waals surface area contributed by atoms with Crippen LogP contribution in [0.5, 0.6) is 5.75 Å². The molecule has 0 aliphatic carbocycles. The van der Waals surface area contributed by atoms with Gasteiger partial charge in [-0.25, -0.2) is 4.79 Å². The summed E-state index contributed by atoms with van der Waals surface area (Å²) in [6, 6.07) is 5.40. The number of aryl methyl sites for hydroxylation is 1. The molecule has 0 unspecified atom stereocenters. The Morgan fingerprint density at radius 2 is 2.15 bits per heavy atom. The highest BCUT2D eigenvalue weighted by atomic mass is 16.5. The van der Waals surface area contributed by atoms with Gasteiger partial charge in [-0.2, -0.15) is 0 Å². The number of methoxy groups -OCH3 is 1. The summed E-state index contributed by atoms with van der Waals surface area (Å²) in [7, 11) is 1.58. The molecule has 1 aromatic carbocycles. The zero-order valence-electron chi connectivity index (χ0n) is 12.5. The number of urea groups is 1. The zero-order valence-corrected chi connectivity index (χ0v) is 12.5. The van der Waals surface area contributed by atoms with Gasteiger partial charge in [0.2, 0.25) is 0 Å². The highest BCUT2D eigenvalue weighted by Crippen LogP contribution is 2.25. The van der Waals surface area contributed by atoms with Gasteiger partial charge in [0.05, 0.1) is 19.4 Å². The van der Waals surface area contributed by atoms with E-state index in [9.17, 15) is 4.79 Å². The molecule has 0 saturated carbocycles. The first-order valence-corrected chi connectivity index (χ1v) is 6.93. The van der Waals surface area contributed by atoms with Crippen LogP contribution in [0.25, 0.3) is 0 Å². The quantitative estimate of drug-likeness (QED) is 0.807. The monoisotopic (exact) mass is 280 g/mol. The van der Waals surface area contributed by atoms with Crippen LogP contribution in [0, 0.1) is 6.92 Å². The highest BCUT2D eigenvalue weighted by Gasteiger charge is 2.14. The van der Waals surface area contributed by atoms with Crippen molar-refractivity contribution in [2.24, 2.45) is 0 Å². The summed E-state index contributed by atoms with van der Waals surface area (Å²) < 4.78 is 5.27. The molecule has 0 aliphatic rings. The van der Waals surface area contributed by atoms with Gasteiger partial charge in [-0.1, -0.05) is 19.4 Å². The maximum absolute atomic E-state index is 12.2. The van der Waals surface area contributed by atoms with Crippen LogP contribution >= 0.6 is 0 Å². The average Bonchev–Trinajstić information content (AvgIpc) is 2.45. The summed E-state index contributed by atoms with van der Waals surface area (Å²) >= 11 is 0. The molecule has 1 aromatic rings. The molecule has 0 fully saturated rings. The molecule has 0 saturated heterocycles. The molecule has 112 valence electrons. The Morgan fingerprint density at radius 3 is 2.75 bits per heavy atom. The number of rotatable bonds is 7. The smallest absolute Gasteiger partial charge is 0.322 e. The summed E-state index contributed by atoms with van der Waals surface area (Å²) in [6.45, 7) is 4.96. The third-order valence-electron chi connectivity index (χ3n) is 3.04. The van der Waals surface area contributed by atoms with E-state index in [0.29, 0.717) is 24.5 Å². The van der Waals surface area contributed by atoms with E-state index in [1.54, 1.807) is 12.0 Å². The fraction of sp³-hybridized carbons (Fsp3) is 0.533. The first-order chi connectivity index (χ1) is 9.62.